The van der Waals surface area contributed by atoms with Crippen molar-refractivity contribution in [3.05, 3.63) is 51.3 Å². The number of halogens is 4. The smallest absolute Gasteiger partial charge is 0.315 e. The van der Waals surface area contributed by atoms with Crippen molar-refractivity contribution >= 4 is 17.3 Å². The van der Waals surface area contributed by atoms with Crippen LogP contribution in [0.1, 0.15) is 49.0 Å². The lowest BCUT2D eigenvalue weighted by atomic mass is 9.53. The first-order valence-corrected chi connectivity index (χ1v) is 10.1. The fraction of sp³-hybridized carbons (Fsp3) is 0.500. The Morgan fingerprint density at radius 1 is 1.06 bits per heavy atom. The second kappa shape index (κ2) is 6.76. The molecule has 1 aromatic carbocycles. The molecule has 4 aliphatic rings. The van der Waals surface area contributed by atoms with Gasteiger partial charge in [0.25, 0.3) is 5.91 Å². The first-order valence-electron chi connectivity index (χ1n) is 10.1. The number of carbonyl (C=O) groups is 1. The molecule has 0 spiro atoms. The Bertz CT molecular complexity index is 1050. The van der Waals surface area contributed by atoms with Gasteiger partial charge >= 0.3 is 5.69 Å². The van der Waals surface area contributed by atoms with Gasteiger partial charge in [-0.15, -0.1) is 0 Å². The monoisotopic (exact) mass is 438 g/mol. The Hall–Kier alpha value is -2.98. The fourth-order valence-corrected chi connectivity index (χ4v) is 6.10. The summed E-state index contributed by atoms with van der Waals surface area (Å²) in [6.45, 7) is 0. The van der Waals surface area contributed by atoms with Gasteiger partial charge in [0.05, 0.1) is 10.5 Å². The molecule has 2 aromatic rings. The van der Waals surface area contributed by atoms with E-state index in [-0.39, 0.29) is 6.07 Å². The number of nitro groups is 1. The number of aromatic nitrogens is 2. The van der Waals surface area contributed by atoms with Crippen molar-refractivity contribution in [2.24, 2.45) is 17.8 Å². The molecular weight excluding hydrogens is 420 g/mol. The minimum Gasteiger partial charge on any atom is -0.315 e. The van der Waals surface area contributed by atoms with Crippen LogP contribution in [0.3, 0.4) is 0 Å². The van der Waals surface area contributed by atoms with E-state index in [4.69, 9.17) is 0 Å². The zero-order valence-electron chi connectivity index (χ0n) is 16.2. The van der Waals surface area contributed by atoms with Crippen LogP contribution >= 0.6 is 0 Å². The average molecular weight is 438 g/mol. The molecule has 0 saturated heterocycles. The molecule has 11 heteroatoms. The van der Waals surface area contributed by atoms with E-state index in [2.05, 4.69) is 5.10 Å². The molecule has 164 valence electrons. The number of anilines is 1. The molecule has 1 heterocycles. The maximum Gasteiger partial charge on any atom is 0.320 e. The predicted octanol–water partition coefficient (Wildman–Crippen LogP) is 4.53. The first-order chi connectivity index (χ1) is 14.7. The van der Waals surface area contributed by atoms with E-state index < -0.39 is 56.7 Å². The molecule has 1 aromatic heterocycles. The van der Waals surface area contributed by atoms with E-state index in [0.29, 0.717) is 17.8 Å². The lowest BCUT2D eigenvalue weighted by molar-refractivity contribution is -0.385. The van der Waals surface area contributed by atoms with E-state index in [1.54, 1.807) is 5.32 Å². The highest BCUT2D eigenvalue weighted by molar-refractivity contribution is 6.05. The third-order valence-electron chi connectivity index (χ3n) is 6.95. The van der Waals surface area contributed by atoms with Gasteiger partial charge in [-0.2, -0.15) is 5.10 Å². The van der Waals surface area contributed by atoms with Crippen LogP contribution in [0, 0.1) is 51.1 Å². The Morgan fingerprint density at radius 2 is 1.58 bits per heavy atom. The van der Waals surface area contributed by atoms with Crippen LogP contribution in [-0.4, -0.2) is 20.6 Å². The van der Waals surface area contributed by atoms with Crippen LogP contribution in [0.15, 0.2) is 12.3 Å². The molecule has 0 radical (unpaired) electrons. The number of hydrogen-bond acceptors (Lipinski definition) is 4. The summed E-state index contributed by atoms with van der Waals surface area (Å²) in [6.07, 6.45) is 6.96. The highest BCUT2D eigenvalue weighted by Gasteiger charge is 2.53. The molecule has 7 nitrogen and oxygen atoms in total. The summed E-state index contributed by atoms with van der Waals surface area (Å²) < 4.78 is 56.2. The molecule has 1 N–H and O–H groups in total. The number of hydrogen-bond donors (Lipinski definition) is 1. The SMILES string of the molecule is O=C(Nc1c(F)c(F)cc(F)c1F)c1nn(C23CC4CC(CC(C4)C2)C3)cc1[N+](=O)[O-]. The largest absolute Gasteiger partial charge is 0.320 e. The van der Waals surface area contributed by atoms with E-state index in [1.807, 2.05) is 0 Å². The van der Waals surface area contributed by atoms with E-state index >= 15 is 0 Å². The van der Waals surface area contributed by atoms with Gasteiger partial charge in [-0.25, -0.2) is 17.6 Å². The Labute approximate surface area is 173 Å². The number of carbonyl (C=O) groups excluding carboxylic acids is 1. The second-order valence-electron chi connectivity index (χ2n) is 9.00. The van der Waals surface area contributed by atoms with Crippen molar-refractivity contribution < 1.29 is 27.3 Å². The van der Waals surface area contributed by atoms with Crippen molar-refractivity contribution in [3.63, 3.8) is 0 Å². The van der Waals surface area contributed by atoms with Crippen molar-refractivity contribution in [2.75, 3.05) is 5.32 Å². The maximum absolute atomic E-state index is 13.9. The lowest BCUT2D eigenvalue weighted by Crippen LogP contribution is -2.52. The minimum absolute atomic E-state index is 0.00451. The topological polar surface area (TPSA) is 90.1 Å². The quantitative estimate of drug-likeness (QED) is 0.329. The Balaban J connectivity index is 1.52. The van der Waals surface area contributed by atoms with Gasteiger partial charge in [0.15, 0.2) is 23.3 Å². The minimum atomic E-state index is -1.81. The summed E-state index contributed by atoms with van der Waals surface area (Å²) in [5, 5.41) is 17.4. The molecule has 4 aliphatic carbocycles. The number of amides is 1. The summed E-state index contributed by atoms with van der Waals surface area (Å²) >= 11 is 0. The fourth-order valence-electron chi connectivity index (χ4n) is 6.10. The predicted molar refractivity (Wildman–Crippen MR) is 99.3 cm³/mol. The zero-order chi connectivity index (χ0) is 22.1. The summed E-state index contributed by atoms with van der Waals surface area (Å²) in [5.41, 5.74) is -3.09. The standard InChI is InChI=1S/C20H18F4N4O3/c21-12-4-13(22)16(24)18(15(12)23)25-19(29)17-14(28(30)31)8-27(26-17)20-5-9-1-10(6-20)3-11(2-9)7-20/h4,8-11H,1-3,5-7H2,(H,25,29). The molecule has 0 atom stereocenters. The number of nitrogens with zero attached hydrogens (tertiary/aromatic N) is 3. The molecule has 31 heavy (non-hydrogen) atoms. The number of benzene rings is 1. The maximum atomic E-state index is 13.9. The van der Waals surface area contributed by atoms with Crippen molar-refractivity contribution in [1.82, 2.24) is 9.78 Å². The van der Waals surface area contributed by atoms with Gasteiger partial charge in [0.2, 0.25) is 5.69 Å². The molecule has 6 rings (SSSR count). The number of nitrogens with one attached hydrogen (secondary N) is 1. The molecular formula is C20H18F4N4O3. The zero-order valence-corrected chi connectivity index (χ0v) is 16.2. The number of rotatable bonds is 4. The Kier molecular flexibility index (Phi) is 4.35. The molecule has 4 bridgehead atoms. The second-order valence-corrected chi connectivity index (χ2v) is 9.00. The highest BCUT2D eigenvalue weighted by Crippen LogP contribution is 2.58. The van der Waals surface area contributed by atoms with Gasteiger partial charge in [-0.1, -0.05) is 0 Å². The third kappa shape index (κ3) is 3.09. The average Bonchev–Trinajstić information content (AvgIpc) is 3.15. The molecule has 1 amide bonds. The van der Waals surface area contributed by atoms with Gasteiger partial charge in [-0.3, -0.25) is 19.6 Å². The third-order valence-corrected chi connectivity index (χ3v) is 6.95. The van der Waals surface area contributed by atoms with E-state index in [1.165, 1.54) is 10.9 Å². The van der Waals surface area contributed by atoms with Crippen LogP contribution in [0.25, 0.3) is 0 Å². The first kappa shape index (κ1) is 20.0. The van der Waals surface area contributed by atoms with Crippen LogP contribution < -0.4 is 5.32 Å². The summed E-state index contributed by atoms with van der Waals surface area (Å²) in [5.74, 6) is -6.84. The molecule has 0 unspecified atom stereocenters. The van der Waals surface area contributed by atoms with E-state index in [0.717, 1.165) is 38.5 Å². The van der Waals surface area contributed by atoms with E-state index in [9.17, 15) is 32.5 Å². The molecule has 4 saturated carbocycles. The van der Waals surface area contributed by atoms with Crippen LogP contribution in [-0.2, 0) is 5.54 Å². The summed E-state index contributed by atoms with van der Waals surface area (Å²) in [4.78, 5) is 23.4. The van der Waals surface area contributed by atoms with Crippen molar-refractivity contribution in [2.45, 2.75) is 44.1 Å². The van der Waals surface area contributed by atoms with Crippen molar-refractivity contribution in [1.29, 1.82) is 0 Å². The normalized spacial score (nSPS) is 28.7. The lowest BCUT2D eigenvalue weighted by Gasteiger charge is -2.56. The van der Waals surface area contributed by atoms with Gasteiger partial charge in [-0.05, 0) is 56.3 Å². The Morgan fingerprint density at radius 3 is 2.06 bits per heavy atom. The van der Waals surface area contributed by atoms with Gasteiger partial charge < -0.3 is 5.32 Å². The summed E-state index contributed by atoms with van der Waals surface area (Å²) in [6, 6.07) is 0.00451. The van der Waals surface area contributed by atoms with Crippen LogP contribution in [0.5, 0.6) is 0 Å². The van der Waals surface area contributed by atoms with Crippen LogP contribution in [0.4, 0.5) is 28.9 Å². The molecule has 0 aliphatic heterocycles. The van der Waals surface area contributed by atoms with Gasteiger partial charge in [0.1, 0.15) is 11.9 Å². The highest BCUT2D eigenvalue weighted by atomic mass is 19.2. The summed E-state index contributed by atoms with van der Waals surface area (Å²) in [7, 11) is 0. The van der Waals surface area contributed by atoms with Crippen LogP contribution in [0.2, 0.25) is 0 Å². The van der Waals surface area contributed by atoms with Crippen molar-refractivity contribution in [3.8, 4) is 0 Å². The van der Waals surface area contributed by atoms with Gasteiger partial charge in [0, 0.05) is 6.07 Å². The molecule has 4 fully saturated rings.